The van der Waals surface area contributed by atoms with E-state index in [1.807, 2.05) is 0 Å². The summed E-state index contributed by atoms with van der Waals surface area (Å²) in [6.45, 7) is 4.48. The molecule has 1 fully saturated rings. The highest BCUT2D eigenvalue weighted by atomic mass is 79.9. The number of halogens is 1. The van der Waals surface area contributed by atoms with Crippen molar-refractivity contribution in [3.05, 3.63) is 69.7 Å². The van der Waals surface area contributed by atoms with Crippen molar-refractivity contribution >= 4 is 15.9 Å². The smallest absolute Gasteiger partial charge is 0.0294 e. The molecule has 0 aliphatic heterocycles. The Morgan fingerprint density at radius 1 is 1.05 bits per heavy atom. The molecule has 0 aromatic heterocycles. The van der Waals surface area contributed by atoms with E-state index in [9.17, 15) is 0 Å². The Morgan fingerprint density at radius 2 is 1.71 bits per heavy atom. The molecule has 1 saturated carbocycles. The summed E-state index contributed by atoms with van der Waals surface area (Å²) in [6.07, 6.45) is 2.51. The quantitative estimate of drug-likeness (QED) is 0.788. The highest BCUT2D eigenvalue weighted by Crippen LogP contribution is 2.39. The van der Waals surface area contributed by atoms with Crippen molar-refractivity contribution in [3.8, 4) is 0 Å². The predicted molar refractivity (Wildman–Crippen MR) is 92.6 cm³/mol. The maximum Gasteiger partial charge on any atom is 0.0294 e. The Morgan fingerprint density at radius 3 is 2.38 bits per heavy atom. The largest absolute Gasteiger partial charge is 0.307 e. The first-order valence-corrected chi connectivity index (χ1v) is 8.50. The summed E-state index contributed by atoms with van der Waals surface area (Å²) in [5, 5.41) is 3.76. The van der Waals surface area contributed by atoms with Gasteiger partial charge in [0.05, 0.1) is 0 Å². The van der Waals surface area contributed by atoms with E-state index in [-0.39, 0.29) is 0 Å². The van der Waals surface area contributed by atoms with Crippen LogP contribution >= 0.6 is 15.9 Å². The van der Waals surface area contributed by atoms with E-state index in [0.717, 1.165) is 10.4 Å². The summed E-state index contributed by atoms with van der Waals surface area (Å²) in [4.78, 5) is 0. The van der Waals surface area contributed by atoms with E-state index in [2.05, 4.69) is 83.6 Å². The average molecular weight is 344 g/mol. The number of benzene rings is 2. The van der Waals surface area contributed by atoms with Crippen LogP contribution in [0, 0.1) is 6.92 Å². The molecule has 21 heavy (non-hydrogen) atoms. The molecule has 110 valence electrons. The van der Waals surface area contributed by atoms with Crippen LogP contribution in [0.2, 0.25) is 0 Å². The zero-order chi connectivity index (χ0) is 14.8. The van der Waals surface area contributed by atoms with Crippen LogP contribution in [0.5, 0.6) is 0 Å². The number of nitrogens with one attached hydrogen (secondary N) is 1. The molecule has 0 spiro atoms. The Labute approximate surface area is 135 Å². The van der Waals surface area contributed by atoms with Gasteiger partial charge in [-0.3, -0.25) is 0 Å². The van der Waals surface area contributed by atoms with Crippen LogP contribution in [0.25, 0.3) is 0 Å². The molecule has 0 heterocycles. The Kier molecular flexibility index (Phi) is 4.46. The molecule has 1 atom stereocenters. The molecular formula is C19H22BrN. The second-order valence-electron chi connectivity index (χ2n) is 6.16. The summed E-state index contributed by atoms with van der Waals surface area (Å²) < 4.78 is 1.14. The normalized spacial score (nSPS) is 22.6. The lowest BCUT2D eigenvalue weighted by Gasteiger charge is -2.39. The topological polar surface area (TPSA) is 12.0 Å². The van der Waals surface area contributed by atoms with E-state index in [0.29, 0.717) is 12.1 Å². The average Bonchev–Trinajstić information content (AvgIpc) is 2.44. The lowest BCUT2D eigenvalue weighted by Crippen LogP contribution is -2.41. The summed E-state index contributed by atoms with van der Waals surface area (Å²) in [7, 11) is 0. The maximum absolute atomic E-state index is 3.76. The van der Waals surface area contributed by atoms with Crippen molar-refractivity contribution in [2.24, 2.45) is 0 Å². The molecule has 0 amide bonds. The number of aryl methyl sites for hydroxylation is 1. The first-order valence-electron chi connectivity index (χ1n) is 7.70. The van der Waals surface area contributed by atoms with Gasteiger partial charge in [-0.05, 0) is 61.4 Å². The van der Waals surface area contributed by atoms with E-state index < -0.39 is 0 Å². The molecule has 2 aromatic carbocycles. The van der Waals surface area contributed by atoms with E-state index in [4.69, 9.17) is 0 Å². The minimum atomic E-state index is 0.418. The van der Waals surface area contributed by atoms with Gasteiger partial charge >= 0.3 is 0 Å². The van der Waals surface area contributed by atoms with Crippen molar-refractivity contribution in [2.45, 2.75) is 44.7 Å². The molecule has 0 unspecified atom stereocenters. The van der Waals surface area contributed by atoms with Gasteiger partial charge in [-0.15, -0.1) is 0 Å². The van der Waals surface area contributed by atoms with Crippen LogP contribution in [0.15, 0.2) is 53.0 Å². The Bertz CT molecular complexity index is 599. The predicted octanol–water partition coefficient (Wildman–Crippen LogP) is 5.35. The van der Waals surface area contributed by atoms with Crippen LogP contribution in [-0.2, 0) is 0 Å². The minimum absolute atomic E-state index is 0.418. The van der Waals surface area contributed by atoms with Crippen molar-refractivity contribution in [2.75, 3.05) is 0 Å². The minimum Gasteiger partial charge on any atom is -0.307 e. The van der Waals surface area contributed by atoms with Gasteiger partial charge in [0.15, 0.2) is 0 Å². The molecule has 0 bridgehead atoms. The van der Waals surface area contributed by atoms with Gasteiger partial charge in [0.2, 0.25) is 0 Å². The van der Waals surface area contributed by atoms with Gasteiger partial charge < -0.3 is 5.32 Å². The Hall–Kier alpha value is -1.12. The molecule has 1 aliphatic carbocycles. The van der Waals surface area contributed by atoms with Crippen molar-refractivity contribution in [1.82, 2.24) is 5.32 Å². The lowest BCUT2D eigenvalue weighted by atomic mass is 9.74. The second kappa shape index (κ2) is 6.33. The molecule has 3 rings (SSSR count). The zero-order valence-electron chi connectivity index (χ0n) is 12.6. The number of hydrogen-bond donors (Lipinski definition) is 1. The molecular weight excluding hydrogens is 322 g/mol. The molecule has 1 nitrogen and oxygen atoms in total. The number of hydrogen-bond acceptors (Lipinski definition) is 1. The highest BCUT2D eigenvalue weighted by molar-refractivity contribution is 9.10. The molecule has 1 aliphatic rings. The Balaban J connectivity index is 1.55. The van der Waals surface area contributed by atoms with E-state index >= 15 is 0 Å². The van der Waals surface area contributed by atoms with Crippen LogP contribution in [0.4, 0.5) is 0 Å². The third kappa shape index (κ3) is 3.38. The fourth-order valence-corrected chi connectivity index (χ4v) is 3.52. The fourth-order valence-electron chi connectivity index (χ4n) is 3.25. The van der Waals surface area contributed by atoms with Crippen LogP contribution in [-0.4, -0.2) is 6.04 Å². The third-order valence-corrected chi connectivity index (χ3v) is 5.15. The second-order valence-corrected chi connectivity index (χ2v) is 7.08. The first-order chi connectivity index (χ1) is 10.1. The van der Waals surface area contributed by atoms with Crippen LogP contribution < -0.4 is 5.32 Å². The molecule has 1 N–H and O–H groups in total. The standard InChI is InChI=1S/C19H22BrN/c1-13-5-3-4-6-19(13)16-11-18(12-16)21-14(2)15-7-9-17(20)10-8-15/h3-10,14,16,18,21H,11-12H2,1-2H3/t14-,16?,18?/m0/s1. The summed E-state index contributed by atoms with van der Waals surface area (Å²) in [5.74, 6) is 0.737. The van der Waals surface area contributed by atoms with Crippen LogP contribution in [0.1, 0.15) is 48.4 Å². The summed E-state index contributed by atoms with van der Waals surface area (Å²) >= 11 is 3.49. The molecule has 2 aromatic rings. The summed E-state index contributed by atoms with van der Waals surface area (Å²) in [5.41, 5.74) is 4.33. The maximum atomic E-state index is 3.76. The lowest BCUT2D eigenvalue weighted by molar-refractivity contribution is 0.270. The number of rotatable bonds is 4. The van der Waals surface area contributed by atoms with Gasteiger partial charge in [-0.1, -0.05) is 52.3 Å². The molecule has 2 heteroatoms. The van der Waals surface area contributed by atoms with E-state index in [1.165, 1.54) is 29.5 Å². The monoisotopic (exact) mass is 343 g/mol. The third-order valence-electron chi connectivity index (χ3n) is 4.62. The van der Waals surface area contributed by atoms with Crippen molar-refractivity contribution in [3.63, 3.8) is 0 Å². The van der Waals surface area contributed by atoms with Gasteiger partial charge in [-0.25, -0.2) is 0 Å². The van der Waals surface area contributed by atoms with Gasteiger partial charge in [-0.2, -0.15) is 0 Å². The van der Waals surface area contributed by atoms with Crippen LogP contribution in [0.3, 0.4) is 0 Å². The van der Waals surface area contributed by atoms with Crippen molar-refractivity contribution in [1.29, 1.82) is 0 Å². The van der Waals surface area contributed by atoms with Gasteiger partial charge in [0.25, 0.3) is 0 Å². The molecule has 0 radical (unpaired) electrons. The molecule has 0 saturated heterocycles. The zero-order valence-corrected chi connectivity index (χ0v) is 14.2. The van der Waals surface area contributed by atoms with Crippen molar-refractivity contribution < 1.29 is 0 Å². The summed E-state index contributed by atoms with van der Waals surface area (Å²) in [6, 6.07) is 18.5. The first kappa shape index (κ1) is 14.8. The SMILES string of the molecule is Cc1ccccc1C1CC(N[C@@H](C)c2ccc(Br)cc2)C1. The van der Waals surface area contributed by atoms with Gasteiger partial charge in [0.1, 0.15) is 0 Å². The van der Waals surface area contributed by atoms with Gasteiger partial charge in [0, 0.05) is 16.6 Å². The fraction of sp³-hybridized carbons (Fsp3) is 0.368. The van der Waals surface area contributed by atoms with E-state index in [1.54, 1.807) is 0 Å². The highest BCUT2D eigenvalue weighted by Gasteiger charge is 2.31.